The van der Waals surface area contributed by atoms with Crippen LogP contribution in [0.5, 0.6) is 5.75 Å². The number of sulfonamides is 1. The molecule has 1 aromatic heterocycles. The number of carbonyl (C=O) groups excluding carboxylic acids is 1. The molecule has 4 aromatic rings. The average molecular weight is 576 g/mol. The molecule has 0 spiro atoms. The Kier molecular flexibility index (Phi) is 8.25. The zero-order chi connectivity index (χ0) is 29.0. The number of aryl methyl sites for hydroxylation is 2. The summed E-state index contributed by atoms with van der Waals surface area (Å²) in [5, 5.41) is 10.4. The summed E-state index contributed by atoms with van der Waals surface area (Å²) in [7, 11) is -1.97. The van der Waals surface area contributed by atoms with Gasteiger partial charge < -0.3 is 19.9 Å². The van der Waals surface area contributed by atoms with Gasteiger partial charge in [0.2, 0.25) is 10.0 Å². The minimum atomic E-state index is -3.55. The van der Waals surface area contributed by atoms with Gasteiger partial charge in [-0.05, 0) is 55.2 Å². The zero-order valence-electron chi connectivity index (χ0n) is 23.0. The molecule has 11 heteroatoms. The summed E-state index contributed by atoms with van der Waals surface area (Å²) in [6.07, 6.45) is 2.72. The molecular weight excluding hydrogens is 542 g/mol. The van der Waals surface area contributed by atoms with Crippen LogP contribution in [0.3, 0.4) is 0 Å². The lowest BCUT2D eigenvalue weighted by atomic mass is 9.98. The smallest absolute Gasteiger partial charge is 0.251 e. The number of nitrogens with zero attached hydrogens (tertiary/aromatic N) is 2. The van der Waals surface area contributed by atoms with E-state index in [1.54, 1.807) is 19.2 Å². The number of methoxy groups -OCH3 is 1. The first-order valence-corrected chi connectivity index (χ1v) is 15.2. The van der Waals surface area contributed by atoms with Crippen LogP contribution in [0.2, 0.25) is 0 Å². The third kappa shape index (κ3) is 6.35. The normalized spacial score (nSPS) is 15.3. The topological polar surface area (TPSA) is 131 Å². The largest absolute Gasteiger partial charge is 0.497 e. The third-order valence-electron chi connectivity index (χ3n) is 7.37. The van der Waals surface area contributed by atoms with Crippen molar-refractivity contribution in [3.63, 3.8) is 0 Å². The Balaban J connectivity index is 1.45. The summed E-state index contributed by atoms with van der Waals surface area (Å²) < 4.78 is 35.1. The summed E-state index contributed by atoms with van der Waals surface area (Å²) in [6.45, 7) is 2.84. The molecule has 1 amide bonds. The Hall–Kier alpha value is -4.38. The van der Waals surface area contributed by atoms with Gasteiger partial charge >= 0.3 is 0 Å². The molecule has 0 aliphatic carbocycles. The molecule has 214 valence electrons. The Labute approximate surface area is 239 Å². The van der Waals surface area contributed by atoms with E-state index in [9.17, 15) is 18.1 Å². The van der Waals surface area contributed by atoms with Crippen LogP contribution in [0.4, 0.5) is 11.4 Å². The van der Waals surface area contributed by atoms with E-state index in [1.807, 2.05) is 72.3 Å². The maximum Gasteiger partial charge on any atom is 0.251 e. The number of anilines is 2. The molecule has 3 N–H and O–H groups in total. The summed E-state index contributed by atoms with van der Waals surface area (Å²) >= 11 is 0. The fraction of sp³-hybridized carbons (Fsp3) is 0.300. The van der Waals surface area contributed by atoms with E-state index in [4.69, 9.17) is 4.74 Å². The van der Waals surface area contributed by atoms with Crippen LogP contribution in [-0.4, -0.2) is 50.4 Å². The second-order valence-electron chi connectivity index (χ2n) is 10.1. The SMILES string of the molecule is CCn1cc2c3c(cc(C(=O)NC(Cc4ccccc4)C(CNc4cccc(OC)c4)N=O)cc31)NS(=O)(=O)CC2. The highest BCUT2D eigenvalue weighted by atomic mass is 32.2. The van der Waals surface area contributed by atoms with Crippen LogP contribution < -0.4 is 20.1 Å². The first kappa shape index (κ1) is 28.2. The number of nitrogens with one attached hydrogen (secondary N) is 3. The number of amides is 1. The molecule has 0 saturated heterocycles. The Morgan fingerprint density at radius 1 is 1.12 bits per heavy atom. The van der Waals surface area contributed by atoms with Crippen molar-refractivity contribution >= 4 is 38.2 Å². The van der Waals surface area contributed by atoms with Crippen molar-refractivity contribution in [3.05, 3.63) is 94.5 Å². The number of benzene rings is 3. The molecular formula is C30H33N5O5S. The minimum Gasteiger partial charge on any atom is -0.497 e. The third-order valence-corrected chi connectivity index (χ3v) is 8.64. The van der Waals surface area contributed by atoms with Gasteiger partial charge in [0.25, 0.3) is 5.91 Å². The zero-order valence-corrected chi connectivity index (χ0v) is 23.8. The highest BCUT2D eigenvalue weighted by Gasteiger charge is 2.28. The molecule has 2 atom stereocenters. The second kappa shape index (κ2) is 12.0. The van der Waals surface area contributed by atoms with Gasteiger partial charge in [-0.15, -0.1) is 0 Å². The van der Waals surface area contributed by atoms with Crippen molar-refractivity contribution in [2.75, 3.05) is 29.4 Å². The molecule has 5 rings (SSSR count). The maximum absolute atomic E-state index is 13.7. The van der Waals surface area contributed by atoms with Crippen LogP contribution >= 0.6 is 0 Å². The fourth-order valence-electron chi connectivity index (χ4n) is 5.25. The van der Waals surface area contributed by atoms with Crippen molar-refractivity contribution < 1.29 is 17.9 Å². The molecule has 0 fully saturated rings. The van der Waals surface area contributed by atoms with E-state index in [0.29, 0.717) is 36.4 Å². The number of hydrogen-bond acceptors (Lipinski definition) is 7. The monoisotopic (exact) mass is 575 g/mol. The number of hydrogen-bond donors (Lipinski definition) is 3. The molecule has 2 heterocycles. The number of rotatable bonds is 11. The van der Waals surface area contributed by atoms with E-state index >= 15 is 0 Å². The lowest BCUT2D eigenvalue weighted by Gasteiger charge is -2.24. The molecule has 3 aromatic carbocycles. The van der Waals surface area contributed by atoms with Gasteiger partial charge in [0, 0.05) is 42.0 Å². The highest BCUT2D eigenvalue weighted by molar-refractivity contribution is 7.92. The van der Waals surface area contributed by atoms with Crippen molar-refractivity contribution in [2.45, 2.75) is 38.4 Å². The van der Waals surface area contributed by atoms with Gasteiger partial charge in [0.05, 0.1) is 30.1 Å². The molecule has 0 bridgehead atoms. The van der Waals surface area contributed by atoms with E-state index in [1.165, 1.54) is 0 Å². The predicted molar refractivity (Wildman–Crippen MR) is 161 cm³/mol. The molecule has 1 aliphatic heterocycles. The number of carbonyl (C=O) groups is 1. The van der Waals surface area contributed by atoms with Crippen molar-refractivity contribution in [1.82, 2.24) is 9.88 Å². The van der Waals surface area contributed by atoms with Gasteiger partial charge in [-0.3, -0.25) is 9.52 Å². The van der Waals surface area contributed by atoms with Crippen LogP contribution in [0.25, 0.3) is 10.9 Å². The molecule has 0 radical (unpaired) electrons. The van der Waals surface area contributed by atoms with Gasteiger partial charge in [-0.1, -0.05) is 41.6 Å². The van der Waals surface area contributed by atoms with Crippen LogP contribution in [-0.2, 0) is 29.4 Å². The first-order valence-electron chi connectivity index (χ1n) is 13.5. The van der Waals surface area contributed by atoms with Crippen LogP contribution in [0.1, 0.15) is 28.4 Å². The Morgan fingerprint density at radius 3 is 2.66 bits per heavy atom. The van der Waals surface area contributed by atoms with E-state index in [-0.39, 0.29) is 12.3 Å². The summed E-state index contributed by atoms with van der Waals surface area (Å²) in [6, 6.07) is 18.8. The molecule has 2 unspecified atom stereocenters. The molecule has 0 saturated carbocycles. The van der Waals surface area contributed by atoms with E-state index in [0.717, 1.165) is 27.7 Å². The van der Waals surface area contributed by atoms with Gasteiger partial charge in [-0.2, -0.15) is 4.91 Å². The summed E-state index contributed by atoms with van der Waals surface area (Å²) in [5.74, 6) is 0.219. The number of ether oxygens (including phenoxy) is 1. The van der Waals surface area contributed by atoms with Crippen molar-refractivity contribution in [2.24, 2.45) is 5.18 Å². The second-order valence-corrected chi connectivity index (χ2v) is 11.9. The highest BCUT2D eigenvalue weighted by Crippen LogP contribution is 2.34. The molecule has 1 aliphatic rings. The van der Waals surface area contributed by atoms with E-state index < -0.39 is 28.0 Å². The predicted octanol–water partition coefficient (Wildman–Crippen LogP) is 4.56. The number of nitroso groups, excluding NO2 is 1. The Bertz CT molecular complexity index is 1670. The van der Waals surface area contributed by atoms with E-state index in [2.05, 4.69) is 20.5 Å². The van der Waals surface area contributed by atoms with Crippen LogP contribution in [0, 0.1) is 4.91 Å². The lowest BCUT2D eigenvalue weighted by molar-refractivity contribution is 0.0931. The standard InChI is InChI=1S/C30H33N5O5S/c1-3-35-19-21-12-13-41(38,39)34-26-15-22(16-28(35)29(21)26)30(36)32-25(14-20-8-5-4-6-9-20)27(33-37)18-31-23-10-7-11-24(17-23)40-2/h4-11,15-17,19,25,27,31,34H,3,12-14,18H2,1-2H3,(H,32,36). The fourth-order valence-corrected chi connectivity index (χ4v) is 6.34. The van der Waals surface area contributed by atoms with Crippen molar-refractivity contribution in [1.29, 1.82) is 0 Å². The quantitative estimate of drug-likeness (QED) is 0.225. The molecule has 10 nitrogen and oxygen atoms in total. The lowest BCUT2D eigenvalue weighted by Crippen LogP contribution is -2.46. The minimum absolute atomic E-state index is 0.0296. The maximum atomic E-state index is 13.7. The van der Waals surface area contributed by atoms with Gasteiger partial charge in [-0.25, -0.2) is 8.42 Å². The van der Waals surface area contributed by atoms with Crippen molar-refractivity contribution in [3.8, 4) is 5.75 Å². The Morgan fingerprint density at radius 2 is 1.93 bits per heavy atom. The molecule has 41 heavy (non-hydrogen) atoms. The van der Waals surface area contributed by atoms with Crippen LogP contribution in [0.15, 0.2) is 78.1 Å². The first-order chi connectivity index (χ1) is 19.8. The van der Waals surface area contributed by atoms with Gasteiger partial charge in [0.1, 0.15) is 11.8 Å². The summed E-state index contributed by atoms with van der Waals surface area (Å²) in [5.41, 5.74) is 4.07. The summed E-state index contributed by atoms with van der Waals surface area (Å²) in [4.78, 5) is 25.9. The average Bonchev–Trinajstić information content (AvgIpc) is 3.28. The number of aromatic nitrogens is 1. The van der Waals surface area contributed by atoms with Gasteiger partial charge in [0.15, 0.2) is 0 Å².